The zero-order valence-electron chi connectivity index (χ0n) is 10.9. The second-order valence-corrected chi connectivity index (χ2v) is 6.24. The van der Waals surface area contributed by atoms with Crippen LogP contribution in [0.15, 0.2) is 16.6 Å². The number of amides is 1. The maximum absolute atomic E-state index is 12.2. The van der Waals surface area contributed by atoms with Crippen LogP contribution in [0.4, 0.5) is 10.8 Å². The summed E-state index contributed by atoms with van der Waals surface area (Å²) in [4.78, 5) is 16.8. The number of hydrogen-bond acceptors (Lipinski definition) is 4. The Morgan fingerprint density at radius 1 is 1.37 bits per heavy atom. The number of carbonyl (C=O) groups is 1. The lowest BCUT2D eigenvalue weighted by Crippen LogP contribution is -2.13. The minimum Gasteiger partial charge on any atom is -0.375 e. The Hall–Kier alpha value is -1.40. The van der Waals surface area contributed by atoms with Crippen molar-refractivity contribution in [2.45, 2.75) is 20.8 Å². The normalized spacial score (nSPS) is 10.5. The molecule has 0 spiro atoms. The minimum absolute atomic E-state index is 0.181. The predicted octanol–water partition coefficient (Wildman–Crippen LogP) is 3.67. The standard InChI is InChI=1S/C13H14BrN3OS/c1-6-4-7(2)10(9(14)5-6)17-12(18)11-8(3)16-13(15)19-11/h4-5H,1-3H3,(H2,15,16)(H,17,18). The Labute approximate surface area is 124 Å². The van der Waals surface area contributed by atoms with E-state index in [1.54, 1.807) is 6.92 Å². The average molecular weight is 340 g/mol. The first kappa shape index (κ1) is 14.0. The average Bonchev–Trinajstić information content (AvgIpc) is 2.62. The molecule has 0 fully saturated rings. The number of rotatable bonds is 2. The molecule has 1 aromatic carbocycles. The molecule has 0 aliphatic rings. The Balaban J connectivity index is 2.32. The largest absolute Gasteiger partial charge is 0.375 e. The Morgan fingerprint density at radius 3 is 2.58 bits per heavy atom. The molecule has 2 rings (SSSR count). The first-order valence-electron chi connectivity index (χ1n) is 5.69. The third-order valence-electron chi connectivity index (χ3n) is 2.69. The van der Waals surface area contributed by atoms with Crippen molar-refractivity contribution in [2.75, 3.05) is 11.1 Å². The van der Waals surface area contributed by atoms with Crippen LogP contribution in [0.2, 0.25) is 0 Å². The lowest BCUT2D eigenvalue weighted by Gasteiger charge is -2.11. The number of benzene rings is 1. The number of halogens is 1. The Kier molecular flexibility index (Phi) is 3.91. The van der Waals surface area contributed by atoms with Crippen LogP contribution in [0.3, 0.4) is 0 Å². The quantitative estimate of drug-likeness (QED) is 0.877. The van der Waals surface area contributed by atoms with E-state index in [1.807, 2.05) is 26.0 Å². The molecule has 0 bridgehead atoms. The van der Waals surface area contributed by atoms with Gasteiger partial charge >= 0.3 is 0 Å². The van der Waals surface area contributed by atoms with E-state index in [4.69, 9.17) is 5.73 Å². The van der Waals surface area contributed by atoms with E-state index in [-0.39, 0.29) is 5.91 Å². The van der Waals surface area contributed by atoms with Crippen molar-refractivity contribution in [1.29, 1.82) is 0 Å². The van der Waals surface area contributed by atoms with Gasteiger partial charge in [0.1, 0.15) is 4.88 Å². The van der Waals surface area contributed by atoms with E-state index in [0.717, 1.165) is 21.3 Å². The van der Waals surface area contributed by atoms with Gasteiger partial charge in [-0.2, -0.15) is 0 Å². The van der Waals surface area contributed by atoms with Crippen molar-refractivity contribution in [2.24, 2.45) is 0 Å². The SMILES string of the molecule is Cc1cc(C)c(NC(=O)c2sc(N)nc2C)c(Br)c1. The number of carbonyl (C=O) groups excluding carboxylic acids is 1. The van der Waals surface area contributed by atoms with Gasteiger partial charge in [-0.05, 0) is 53.9 Å². The first-order chi connectivity index (χ1) is 8.88. The molecule has 1 aromatic heterocycles. The number of thiazole rings is 1. The molecule has 1 amide bonds. The van der Waals surface area contributed by atoms with Crippen molar-refractivity contribution < 1.29 is 4.79 Å². The van der Waals surface area contributed by atoms with Crippen LogP contribution >= 0.6 is 27.3 Å². The van der Waals surface area contributed by atoms with Crippen LogP contribution in [0.5, 0.6) is 0 Å². The van der Waals surface area contributed by atoms with E-state index >= 15 is 0 Å². The van der Waals surface area contributed by atoms with Crippen LogP contribution in [-0.2, 0) is 0 Å². The summed E-state index contributed by atoms with van der Waals surface area (Å²) in [6.45, 7) is 5.75. The molecular weight excluding hydrogens is 326 g/mol. The van der Waals surface area contributed by atoms with Crippen LogP contribution in [0, 0.1) is 20.8 Å². The highest BCUT2D eigenvalue weighted by Crippen LogP contribution is 2.29. The van der Waals surface area contributed by atoms with Crippen LogP contribution < -0.4 is 11.1 Å². The van der Waals surface area contributed by atoms with Crippen molar-refractivity contribution >= 4 is 44.0 Å². The highest BCUT2D eigenvalue weighted by atomic mass is 79.9. The van der Waals surface area contributed by atoms with Gasteiger partial charge in [0.15, 0.2) is 5.13 Å². The first-order valence-corrected chi connectivity index (χ1v) is 7.30. The summed E-state index contributed by atoms with van der Waals surface area (Å²) in [6, 6.07) is 3.99. The molecule has 19 heavy (non-hydrogen) atoms. The summed E-state index contributed by atoms with van der Waals surface area (Å²) in [7, 11) is 0. The van der Waals surface area contributed by atoms with E-state index in [0.29, 0.717) is 15.7 Å². The number of nitrogens with zero attached hydrogens (tertiary/aromatic N) is 1. The van der Waals surface area contributed by atoms with Gasteiger partial charge in [-0.15, -0.1) is 0 Å². The summed E-state index contributed by atoms with van der Waals surface area (Å²) in [5.41, 5.74) is 9.19. The Morgan fingerprint density at radius 2 is 2.05 bits per heavy atom. The summed E-state index contributed by atoms with van der Waals surface area (Å²) >= 11 is 4.67. The molecule has 3 N–H and O–H groups in total. The molecule has 100 valence electrons. The molecule has 0 aliphatic carbocycles. The number of aryl methyl sites for hydroxylation is 3. The molecule has 0 unspecified atom stereocenters. The number of nitrogens with one attached hydrogen (secondary N) is 1. The highest BCUT2D eigenvalue weighted by molar-refractivity contribution is 9.10. The van der Waals surface area contributed by atoms with Gasteiger partial charge in [-0.1, -0.05) is 17.4 Å². The van der Waals surface area contributed by atoms with Crippen molar-refractivity contribution in [3.63, 3.8) is 0 Å². The van der Waals surface area contributed by atoms with E-state index in [1.165, 1.54) is 11.3 Å². The van der Waals surface area contributed by atoms with E-state index in [9.17, 15) is 4.79 Å². The molecule has 6 heteroatoms. The summed E-state index contributed by atoms with van der Waals surface area (Å²) < 4.78 is 0.869. The lowest BCUT2D eigenvalue weighted by molar-refractivity contribution is 0.102. The fraction of sp³-hybridized carbons (Fsp3) is 0.231. The van der Waals surface area contributed by atoms with Crippen LogP contribution in [-0.4, -0.2) is 10.9 Å². The van der Waals surface area contributed by atoms with Gasteiger partial charge in [0.05, 0.1) is 11.4 Å². The second kappa shape index (κ2) is 5.30. The maximum atomic E-state index is 12.2. The molecule has 0 atom stereocenters. The third-order valence-corrected chi connectivity index (χ3v) is 4.30. The molecule has 0 radical (unpaired) electrons. The van der Waals surface area contributed by atoms with Gasteiger partial charge < -0.3 is 11.1 Å². The smallest absolute Gasteiger partial charge is 0.267 e. The molecule has 4 nitrogen and oxygen atoms in total. The molecule has 2 aromatic rings. The molecule has 0 aliphatic heterocycles. The summed E-state index contributed by atoms with van der Waals surface area (Å²) in [5, 5.41) is 3.31. The van der Waals surface area contributed by atoms with E-state index < -0.39 is 0 Å². The van der Waals surface area contributed by atoms with Gasteiger partial charge in [0, 0.05) is 4.47 Å². The number of nitrogen functional groups attached to an aromatic ring is 1. The molecule has 1 heterocycles. The van der Waals surface area contributed by atoms with E-state index in [2.05, 4.69) is 26.2 Å². The predicted molar refractivity (Wildman–Crippen MR) is 82.8 cm³/mol. The van der Waals surface area contributed by atoms with Gasteiger partial charge in [0.25, 0.3) is 5.91 Å². The summed E-state index contributed by atoms with van der Waals surface area (Å²) in [5.74, 6) is -0.181. The van der Waals surface area contributed by atoms with Gasteiger partial charge in [0.2, 0.25) is 0 Å². The van der Waals surface area contributed by atoms with Crippen molar-refractivity contribution in [1.82, 2.24) is 4.98 Å². The minimum atomic E-state index is -0.181. The zero-order chi connectivity index (χ0) is 14.2. The van der Waals surface area contributed by atoms with Crippen molar-refractivity contribution in [3.8, 4) is 0 Å². The number of anilines is 2. The van der Waals surface area contributed by atoms with Crippen LogP contribution in [0.1, 0.15) is 26.5 Å². The van der Waals surface area contributed by atoms with Gasteiger partial charge in [-0.25, -0.2) is 4.98 Å². The monoisotopic (exact) mass is 339 g/mol. The van der Waals surface area contributed by atoms with Gasteiger partial charge in [-0.3, -0.25) is 4.79 Å². The Bertz CT molecular complexity index is 628. The molecular formula is C13H14BrN3OS. The third kappa shape index (κ3) is 2.96. The van der Waals surface area contributed by atoms with Crippen molar-refractivity contribution in [3.05, 3.63) is 38.3 Å². The molecule has 0 saturated heterocycles. The second-order valence-electron chi connectivity index (χ2n) is 4.36. The molecule has 0 saturated carbocycles. The van der Waals surface area contributed by atoms with Crippen LogP contribution in [0.25, 0.3) is 0 Å². The maximum Gasteiger partial charge on any atom is 0.267 e. The highest BCUT2D eigenvalue weighted by Gasteiger charge is 2.16. The lowest BCUT2D eigenvalue weighted by atomic mass is 10.1. The fourth-order valence-corrected chi connectivity index (χ4v) is 3.37. The number of hydrogen-bond donors (Lipinski definition) is 2. The number of nitrogens with two attached hydrogens (primary N) is 1. The topological polar surface area (TPSA) is 68.0 Å². The fourth-order valence-electron chi connectivity index (χ4n) is 1.87. The number of aromatic nitrogens is 1. The summed E-state index contributed by atoms with van der Waals surface area (Å²) in [6.07, 6.45) is 0. The zero-order valence-corrected chi connectivity index (χ0v) is 13.3.